The van der Waals surface area contributed by atoms with Crippen LogP contribution in [0.3, 0.4) is 0 Å². The third-order valence-corrected chi connectivity index (χ3v) is 6.01. The summed E-state index contributed by atoms with van der Waals surface area (Å²) >= 11 is 5.78. The number of carbonyl (C=O) groups excluding carboxylic acids is 1. The van der Waals surface area contributed by atoms with E-state index in [4.69, 9.17) is 28.5 Å². The fraction of sp³-hybridized carbons (Fsp3) is 0.714. The van der Waals surface area contributed by atoms with Crippen LogP contribution < -0.4 is 22.1 Å². The summed E-state index contributed by atoms with van der Waals surface area (Å²) in [5, 5.41) is 13.1. The molecule has 0 saturated carbocycles. The van der Waals surface area contributed by atoms with Gasteiger partial charge in [-0.25, -0.2) is 9.97 Å². The van der Waals surface area contributed by atoms with Crippen molar-refractivity contribution in [3.8, 4) is 0 Å². The van der Waals surface area contributed by atoms with E-state index in [-0.39, 0.29) is 28.4 Å². The standard InChI is InChI=1S/C21H37ClN8O/c1-2-3-4-5-8-15-9-13-30(14-10-15)12-7-6-11-26-21(25)29-20(31)16-18(23)28-19(24)17(22)27-16/h15H,2-14H2,1H3,(H4,23,24,28)(H3,25,26,29,31). The van der Waals surface area contributed by atoms with E-state index in [9.17, 15) is 4.79 Å². The molecule has 31 heavy (non-hydrogen) atoms. The van der Waals surface area contributed by atoms with Crippen molar-refractivity contribution in [2.45, 2.75) is 64.7 Å². The molecular weight excluding hydrogens is 416 g/mol. The van der Waals surface area contributed by atoms with Gasteiger partial charge in [0, 0.05) is 6.54 Å². The summed E-state index contributed by atoms with van der Waals surface area (Å²) in [6.07, 6.45) is 11.5. The number of aromatic nitrogens is 2. The smallest absolute Gasteiger partial charge is 0.280 e. The number of nitrogen functional groups attached to an aromatic ring is 2. The molecule has 10 heteroatoms. The average molecular weight is 453 g/mol. The number of hydrogen-bond donors (Lipinski definition) is 5. The summed E-state index contributed by atoms with van der Waals surface area (Å²) in [6, 6.07) is 0. The lowest BCUT2D eigenvalue weighted by molar-refractivity contribution is 0.0971. The number of nitrogens with one attached hydrogen (secondary N) is 3. The van der Waals surface area contributed by atoms with Crippen LogP contribution in [-0.2, 0) is 0 Å². The van der Waals surface area contributed by atoms with Gasteiger partial charge in [0.25, 0.3) is 5.91 Å². The second-order valence-corrected chi connectivity index (χ2v) is 8.59. The van der Waals surface area contributed by atoms with E-state index in [1.165, 1.54) is 58.0 Å². The molecule has 1 aliphatic heterocycles. The van der Waals surface area contributed by atoms with E-state index < -0.39 is 5.91 Å². The highest BCUT2D eigenvalue weighted by Gasteiger charge is 2.19. The Labute approximate surface area is 190 Å². The second-order valence-electron chi connectivity index (χ2n) is 8.23. The summed E-state index contributed by atoms with van der Waals surface area (Å²) in [6.45, 7) is 6.35. The third kappa shape index (κ3) is 8.86. The van der Waals surface area contributed by atoms with Crippen molar-refractivity contribution in [3.63, 3.8) is 0 Å². The summed E-state index contributed by atoms with van der Waals surface area (Å²) in [5.74, 6) is -0.0180. The average Bonchev–Trinajstić information content (AvgIpc) is 2.74. The minimum Gasteiger partial charge on any atom is -0.382 e. The highest BCUT2D eigenvalue weighted by molar-refractivity contribution is 6.31. The lowest BCUT2D eigenvalue weighted by Crippen LogP contribution is -2.41. The maximum Gasteiger partial charge on any atom is 0.280 e. The first-order chi connectivity index (χ1) is 14.9. The number of guanidine groups is 1. The number of amides is 1. The van der Waals surface area contributed by atoms with Crippen LogP contribution in [0.4, 0.5) is 11.6 Å². The molecule has 1 fully saturated rings. The van der Waals surface area contributed by atoms with Crippen molar-refractivity contribution >= 4 is 35.1 Å². The van der Waals surface area contributed by atoms with Crippen molar-refractivity contribution in [1.82, 2.24) is 25.5 Å². The van der Waals surface area contributed by atoms with E-state index in [0.717, 1.165) is 25.3 Å². The molecule has 1 aromatic heterocycles. The molecule has 1 aromatic rings. The van der Waals surface area contributed by atoms with Gasteiger partial charge >= 0.3 is 0 Å². The quantitative estimate of drug-likeness (QED) is 0.197. The summed E-state index contributed by atoms with van der Waals surface area (Å²) in [7, 11) is 0. The molecule has 2 rings (SSSR count). The molecule has 0 radical (unpaired) electrons. The van der Waals surface area contributed by atoms with Gasteiger partial charge in [0.15, 0.2) is 28.4 Å². The van der Waals surface area contributed by atoms with Crippen LogP contribution in [0.15, 0.2) is 0 Å². The molecule has 0 aromatic carbocycles. The molecule has 174 valence electrons. The minimum absolute atomic E-state index is 0.0416. The zero-order chi connectivity index (χ0) is 22.6. The first-order valence-electron chi connectivity index (χ1n) is 11.3. The molecule has 0 bridgehead atoms. The molecule has 0 spiro atoms. The van der Waals surface area contributed by atoms with E-state index in [1.807, 2.05) is 0 Å². The minimum atomic E-state index is -0.651. The number of nitrogens with two attached hydrogens (primary N) is 2. The van der Waals surface area contributed by atoms with E-state index in [1.54, 1.807) is 0 Å². The molecule has 2 heterocycles. The molecule has 1 amide bonds. The van der Waals surface area contributed by atoms with Crippen LogP contribution in [0.25, 0.3) is 0 Å². The van der Waals surface area contributed by atoms with Gasteiger partial charge in [-0.15, -0.1) is 0 Å². The molecule has 7 N–H and O–H groups in total. The second kappa shape index (κ2) is 13.3. The molecule has 0 unspecified atom stereocenters. The number of anilines is 2. The normalized spacial score (nSPS) is 15.0. The van der Waals surface area contributed by atoms with Crippen LogP contribution in [0.1, 0.15) is 75.2 Å². The monoisotopic (exact) mass is 452 g/mol. The zero-order valence-electron chi connectivity index (χ0n) is 18.6. The predicted molar refractivity (Wildman–Crippen MR) is 126 cm³/mol. The number of rotatable bonds is 11. The number of carbonyl (C=O) groups is 1. The summed E-state index contributed by atoms with van der Waals surface area (Å²) < 4.78 is 0. The van der Waals surface area contributed by atoms with Crippen molar-refractivity contribution in [3.05, 3.63) is 10.8 Å². The van der Waals surface area contributed by atoms with Crippen LogP contribution in [0.5, 0.6) is 0 Å². The topological polar surface area (TPSA) is 146 Å². The van der Waals surface area contributed by atoms with E-state index in [0.29, 0.717) is 6.54 Å². The Bertz CT molecular complexity index is 722. The Morgan fingerprint density at radius 3 is 2.58 bits per heavy atom. The summed E-state index contributed by atoms with van der Waals surface area (Å²) in [4.78, 5) is 22.3. The van der Waals surface area contributed by atoms with Gasteiger partial charge in [-0.05, 0) is 51.2 Å². The first kappa shape index (κ1) is 25.1. The highest BCUT2D eigenvalue weighted by Crippen LogP contribution is 2.23. The molecule has 0 atom stereocenters. The number of likely N-dealkylation sites (tertiary alicyclic amines) is 1. The van der Waals surface area contributed by atoms with Crippen molar-refractivity contribution in [2.75, 3.05) is 37.6 Å². The molecule has 1 aliphatic rings. The fourth-order valence-electron chi connectivity index (χ4n) is 3.86. The molecule has 0 aliphatic carbocycles. The Kier molecular flexibility index (Phi) is 10.8. The summed E-state index contributed by atoms with van der Waals surface area (Å²) in [5.41, 5.74) is 11.0. The number of halogens is 1. The Balaban J connectivity index is 1.55. The van der Waals surface area contributed by atoms with Crippen molar-refractivity contribution < 1.29 is 4.79 Å². The SMILES string of the molecule is CCCCCCC1CCN(CCCCNC(=N)NC(=O)c2nc(Cl)c(N)nc2N)CC1. The van der Waals surface area contributed by atoms with Gasteiger partial charge in [0.2, 0.25) is 0 Å². The third-order valence-electron chi connectivity index (χ3n) is 5.73. The number of piperidine rings is 1. The number of hydrogen-bond acceptors (Lipinski definition) is 7. The van der Waals surface area contributed by atoms with Crippen LogP contribution >= 0.6 is 11.6 Å². The maximum absolute atomic E-state index is 12.2. The van der Waals surface area contributed by atoms with Crippen molar-refractivity contribution in [1.29, 1.82) is 5.41 Å². The van der Waals surface area contributed by atoms with Gasteiger partial charge in [-0.1, -0.05) is 50.6 Å². The zero-order valence-corrected chi connectivity index (χ0v) is 19.3. The Hall–Kier alpha value is -2.13. The van der Waals surface area contributed by atoms with Gasteiger partial charge in [0.05, 0.1) is 0 Å². The molecule has 9 nitrogen and oxygen atoms in total. The molecule has 1 saturated heterocycles. The lowest BCUT2D eigenvalue weighted by atomic mass is 9.91. The first-order valence-corrected chi connectivity index (χ1v) is 11.7. The van der Waals surface area contributed by atoms with Crippen LogP contribution in [0.2, 0.25) is 5.15 Å². The Morgan fingerprint density at radius 2 is 1.87 bits per heavy atom. The predicted octanol–water partition coefficient (Wildman–Crippen LogP) is 3.01. The largest absolute Gasteiger partial charge is 0.382 e. The van der Waals surface area contributed by atoms with Gasteiger partial charge in [0.1, 0.15) is 0 Å². The van der Waals surface area contributed by atoms with Gasteiger partial charge in [-0.2, -0.15) is 0 Å². The maximum atomic E-state index is 12.2. The van der Waals surface area contributed by atoms with E-state index in [2.05, 4.69) is 32.4 Å². The highest BCUT2D eigenvalue weighted by atomic mass is 35.5. The number of nitrogens with zero attached hydrogens (tertiary/aromatic N) is 3. The van der Waals surface area contributed by atoms with E-state index >= 15 is 0 Å². The fourth-order valence-corrected chi connectivity index (χ4v) is 3.98. The van der Waals surface area contributed by atoms with Crippen LogP contribution in [-0.4, -0.2) is 52.9 Å². The van der Waals surface area contributed by atoms with Crippen LogP contribution in [0, 0.1) is 11.3 Å². The lowest BCUT2D eigenvalue weighted by Gasteiger charge is -2.32. The van der Waals surface area contributed by atoms with Crippen molar-refractivity contribution in [2.24, 2.45) is 5.92 Å². The van der Waals surface area contributed by atoms with Gasteiger partial charge in [-0.3, -0.25) is 15.5 Å². The Morgan fingerprint density at radius 1 is 1.13 bits per heavy atom. The van der Waals surface area contributed by atoms with Gasteiger partial charge < -0.3 is 21.7 Å². The molecular formula is C21H37ClN8O. The number of unbranched alkanes of at least 4 members (excludes halogenated alkanes) is 4.